The van der Waals surface area contributed by atoms with Gasteiger partial charge in [0.25, 0.3) is 5.91 Å². The first-order valence-electron chi connectivity index (χ1n) is 6.39. The van der Waals surface area contributed by atoms with Crippen molar-refractivity contribution < 1.29 is 19.4 Å². The van der Waals surface area contributed by atoms with Crippen LogP contribution in [-0.2, 0) is 9.53 Å². The maximum atomic E-state index is 11.9. The average molecular weight is 279 g/mol. The number of H-pyrrole nitrogens is 1. The van der Waals surface area contributed by atoms with Crippen molar-refractivity contribution in [1.29, 1.82) is 0 Å². The van der Waals surface area contributed by atoms with Crippen LogP contribution in [0.5, 0.6) is 0 Å². The second-order valence-electron chi connectivity index (χ2n) is 4.67. The normalized spacial score (nSPS) is 15.6. The van der Waals surface area contributed by atoms with Gasteiger partial charge in [0.2, 0.25) is 0 Å². The third-order valence-corrected chi connectivity index (χ3v) is 2.97. The maximum Gasteiger partial charge on any atom is 0.328 e. The second-order valence-corrected chi connectivity index (χ2v) is 4.67. The summed E-state index contributed by atoms with van der Waals surface area (Å²) in [6.07, 6.45) is 3.70. The van der Waals surface area contributed by atoms with Crippen molar-refractivity contribution >= 4 is 11.9 Å². The SMILES string of the molecule is C=CCOCC(NC(=O)c1cc(C2CC2)[nH]n1)C(=O)O. The van der Waals surface area contributed by atoms with Gasteiger partial charge in [-0.05, 0) is 18.9 Å². The van der Waals surface area contributed by atoms with Crippen molar-refractivity contribution in [3.63, 3.8) is 0 Å². The number of carboxylic acids is 1. The number of ether oxygens (including phenoxy) is 1. The van der Waals surface area contributed by atoms with Gasteiger partial charge in [-0.1, -0.05) is 6.08 Å². The highest BCUT2D eigenvalue weighted by Gasteiger charge is 2.27. The molecule has 1 heterocycles. The molecule has 1 aliphatic rings. The predicted octanol–water partition coefficient (Wildman–Crippen LogP) is 0.673. The molecular weight excluding hydrogens is 262 g/mol. The number of amides is 1. The summed E-state index contributed by atoms with van der Waals surface area (Å²) in [7, 11) is 0. The molecule has 1 saturated carbocycles. The van der Waals surface area contributed by atoms with Crippen molar-refractivity contribution in [2.24, 2.45) is 0 Å². The number of nitrogens with zero attached hydrogens (tertiary/aromatic N) is 1. The molecule has 1 unspecified atom stereocenters. The first kappa shape index (κ1) is 14.3. The van der Waals surface area contributed by atoms with Crippen molar-refractivity contribution in [3.05, 3.63) is 30.1 Å². The van der Waals surface area contributed by atoms with E-state index in [4.69, 9.17) is 9.84 Å². The smallest absolute Gasteiger partial charge is 0.328 e. The van der Waals surface area contributed by atoms with E-state index in [0.29, 0.717) is 5.92 Å². The molecule has 1 atom stereocenters. The summed E-state index contributed by atoms with van der Waals surface area (Å²) < 4.78 is 5.05. The fraction of sp³-hybridized carbons (Fsp3) is 0.462. The number of aromatic nitrogens is 2. The minimum absolute atomic E-state index is 0.118. The van der Waals surface area contributed by atoms with E-state index in [2.05, 4.69) is 22.1 Å². The number of hydrogen-bond donors (Lipinski definition) is 3. The summed E-state index contributed by atoms with van der Waals surface area (Å²) in [5.74, 6) is -1.22. The monoisotopic (exact) mass is 279 g/mol. The molecule has 108 valence electrons. The average Bonchev–Trinajstić information content (AvgIpc) is 3.15. The Morgan fingerprint density at radius 1 is 1.65 bits per heavy atom. The fourth-order valence-corrected chi connectivity index (χ4v) is 1.73. The zero-order valence-electron chi connectivity index (χ0n) is 11.0. The van der Waals surface area contributed by atoms with E-state index < -0.39 is 17.9 Å². The van der Waals surface area contributed by atoms with Gasteiger partial charge in [-0.15, -0.1) is 6.58 Å². The Labute approximate surface area is 116 Å². The van der Waals surface area contributed by atoms with Crippen LogP contribution in [0.1, 0.15) is 34.9 Å². The van der Waals surface area contributed by atoms with Crippen LogP contribution in [0, 0.1) is 0 Å². The molecule has 1 fully saturated rings. The first-order valence-corrected chi connectivity index (χ1v) is 6.39. The molecule has 1 aliphatic carbocycles. The largest absolute Gasteiger partial charge is 0.480 e. The number of carboxylic acid groups (broad SMARTS) is 1. The number of aromatic amines is 1. The lowest BCUT2D eigenvalue weighted by Crippen LogP contribution is -2.44. The molecular formula is C13H17N3O4. The number of carbonyl (C=O) groups excluding carboxylic acids is 1. The molecule has 1 aromatic rings. The van der Waals surface area contributed by atoms with Gasteiger partial charge in [-0.25, -0.2) is 4.79 Å². The number of carbonyl (C=O) groups is 2. The molecule has 20 heavy (non-hydrogen) atoms. The van der Waals surface area contributed by atoms with Crippen LogP contribution in [0.2, 0.25) is 0 Å². The molecule has 0 aliphatic heterocycles. The van der Waals surface area contributed by atoms with Gasteiger partial charge >= 0.3 is 5.97 Å². The molecule has 3 N–H and O–H groups in total. The van der Waals surface area contributed by atoms with Crippen LogP contribution in [0.25, 0.3) is 0 Å². The Morgan fingerprint density at radius 3 is 3.00 bits per heavy atom. The summed E-state index contributed by atoms with van der Waals surface area (Å²) in [4.78, 5) is 23.0. The molecule has 1 aromatic heterocycles. The van der Waals surface area contributed by atoms with Gasteiger partial charge in [0.1, 0.15) is 5.69 Å². The van der Waals surface area contributed by atoms with Crippen LogP contribution < -0.4 is 5.32 Å². The quantitative estimate of drug-likeness (QED) is 0.479. The minimum Gasteiger partial charge on any atom is -0.480 e. The number of nitrogens with one attached hydrogen (secondary N) is 2. The molecule has 7 nitrogen and oxygen atoms in total. The van der Waals surface area contributed by atoms with E-state index in [1.807, 2.05) is 0 Å². The van der Waals surface area contributed by atoms with E-state index in [0.717, 1.165) is 18.5 Å². The summed E-state index contributed by atoms with van der Waals surface area (Å²) in [5.41, 5.74) is 1.12. The van der Waals surface area contributed by atoms with Gasteiger partial charge in [-0.2, -0.15) is 5.10 Å². The third-order valence-electron chi connectivity index (χ3n) is 2.97. The molecule has 7 heteroatoms. The highest BCUT2D eigenvalue weighted by Crippen LogP contribution is 2.38. The molecule has 2 rings (SSSR count). The Balaban J connectivity index is 1.92. The van der Waals surface area contributed by atoms with Crippen LogP contribution in [-0.4, -0.2) is 46.4 Å². The van der Waals surface area contributed by atoms with Crippen molar-refractivity contribution in [3.8, 4) is 0 Å². The summed E-state index contributed by atoms with van der Waals surface area (Å²) in [5, 5.41) is 18.1. The van der Waals surface area contributed by atoms with Crippen LogP contribution in [0.15, 0.2) is 18.7 Å². The van der Waals surface area contributed by atoms with Gasteiger partial charge in [-0.3, -0.25) is 9.89 Å². The standard InChI is InChI=1S/C13H17N3O4/c1-2-5-20-7-11(13(18)19)14-12(17)10-6-9(15-16-10)8-3-4-8/h2,6,8,11H,1,3-5,7H2,(H,14,17)(H,15,16)(H,18,19). The molecule has 0 aromatic carbocycles. The van der Waals surface area contributed by atoms with Gasteiger partial charge < -0.3 is 15.2 Å². The molecule has 0 saturated heterocycles. The molecule has 1 amide bonds. The Hall–Kier alpha value is -2.15. The van der Waals surface area contributed by atoms with Crippen LogP contribution in [0.3, 0.4) is 0 Å². The Morgan fingerprint density at radius 2 is 2.40 bits per heavy atom. The Bertz CT molecular complexity index is 507. The van der Waals surface area contributed by atoms with Crippen molar-refractivity contribution in [1.82, 2.24) is 15.5 Å². The highest BCUT2D eigenvalue weighted by atomic mass is 16.5. The summed E-state index contributed by atoms with van der Waals surface area (Å²) in [6.45, 7) is 3.57. The molecule has 0 bridgehead atoms. The summed E-state index contributed by atoms with van der Waals surface area (Å²) >= 11 is 0. The van der Waals surface area contributed by atoms with E-state index in [9.17, 15) is 9.59 Å². The van der Waals surface area contributed by atoms with Crippen molar-refractivity contribution in [2.45, 2.75) is 24.8 Å². The van der Waals surface area contributed by atoms with Gasteiger partial charge in [0, 0.05) is 11.6 Å². The van der Waals surface area contributed by atoms with E-state index >= 15 is 0 Å². The molecule has 0 spiro atoms. The van der Waals surface area contributed by atoms with E-state index in [1.165, 1.54) is 6.08 Å². The topological polar surface area (TPSA) is 104 Å². The van der Waals surface area contributed by atoms with Crippen LogP contribution >= 0.6 is 0 Å². The lowest BCUT2D eigenvalue weighted by atomic mass is 10.2. The Kier molecular flexibility index (Phi) is 4.52. The minimum atomic E-state index is -1.15. The lowest BCUT2D eigenvalue weighted by molar-refractivity contribution is -0.140. The number of aliphatic carboxylic acids is 1. The highest BCUT2D eigenvalue weighted by molar-refractivity contribution is 5.95. The third kappa shape index (κ3) is 3.67. The first-order chi connectivity index (χ1) is 9.61. The van der Waals surface area contributed by atoms with E-state index in [1.54, 1.807) is 6.07 Å². The van der Waals surface area contributed by atoms with E-state index in [-0.39, 0.29) is 18.9 Å². The zero-order valence-corrected chi connectivity index (χ0v) is 11.0. The van der Waals surface area contributed by atoms with Gasteiger partial charge in [0.05, 0.1) is 13.2 Å². The summed E-state index contributed by atoms with van der Waals surface area (Å²) in [6, 6.07) is 0.555. The maximum absolute atomic E-state index is 11.9. The van der Waals surface area contributed by atoms with Gasteiger partial charge in [0.15, 0.2) is 6.04 Å². The number of hydrogen-bond acceptors (Lipinski definition) is 4. The second kappa shape index (κ2) is 6.33. The lowest BCUT2D eigenvalue weighted by Gasteiger charge is -2.13. The van der Waals surface area contributed by atoms with Crippen LogP contribution in [0.4, 0.5) is 0 Å². The predicted molar refractivity (Wildman–Crippen MR) is 70.5 cm³/mol. The number of rotatable bonds is 8. The molecule has 0 radical (unpaired) electrons. The van der Waals surface area contributed by atoms with Crippen molar-refractivity contribution in [2.75, 3.05) is 13.2 Å². The fourth-order valence-electron chi connectivity index (χ4n) is 1.73. The zero-order chi connectivity index (χ0) is 14.5.